The van der Waals surface area contributed by atoms with E-state index in [0.29, 0.717) is 27.1 Å². The third-order valence-electron chi connectivity index (χ3n) is 3.96. The molecule has 2 aliphatic heterocycles. The Morgan fingerprint density at radius 2 is 1.93 bits per heavy atom. The third-order valence-corrected chi connectivity index (χ3v) is 5.89. The molecule has 0 N–H and O–H groups in total. The molecule has 0 atom stereocenters. The van der Waals surface area contributed by atoms with Crippen LogP contribution in [0.1, 0.15) is 5.56 Å². The number of rotatable bonds is 3. The predicted octanol–water partition coefficient (Wildman–Crippen LogP) is 5.04. The van der Waals surface area contributed by atoms with Crippen molar-refractivity contribution in [2.45, 2.75) is 0 Å². The van der Waals surface area contributed by atoms with Gasteiger partial charge in [-0.1, -0.05) is 47.2 Å². The van der Waals surface area contributed by atoms with E-state index in [1.54, 1.807) is 18.2 Å². The van der Waals surface area contributed by atoms with Gasteiger partial charge in [0.1, 0.15) is 5.02 Å². The van der Waals surface area contributed by atoms with Crippen LogP contribution in [0.2, 0.25) is 10.0 Å². The highest BCUT2D eigenvalue weighted by Gasteiger charge is 2.34. The molecule has 1 saturated heterocycles. The van der Waals surface area contributed by atoms with Gasteiger partial charge in [-0.25, -0.2) is 0 Å². The zero-order valence-electron chi connectivity index (χ0n) is 13.7. The molecule has 1 amide bonds. The molecule has 4 rings (SSSR count). The number of hydrogen-bond donors (Lipinski definition) is 0. The maximum absolute atomic E-state index is 12.9. The van der Waals surface area contributed by atoms with Gasteiger partial charge in [0.25, 0.3) is 11.6 Å². The molecule has 7 nitrogen and oxygen atoms in total. The molecular weight excluding hydrogens is 447 g/mol. The Bertz CT molecular complexity index is 1090. The quantitative estimate of drug-likeness (QED) is 0.278. The lowest BCUT2D eigenvalue weighted by molar-refractivity contribution is -0.384. The lowest BCUT2D eigenvalue weighted by Crippen LogP contribution is -2.27. The predicted molar refractivity (Wildman–Crippen MR) is 111 cm³/mol. The smallest absolute Gasteiger partial charge is 0.288 e. The number of nitrogens with zero attached hydrogens (tertiary/aromatic N) is 2. The van der Waals surface area contributed by atoms with Crippen molar-refractivity contribution in [1.82, 2.24) is 0 Å². The summed E-state index contributed by atoms with van der Waals surface area (Å²) in [7, 11) is 0. The van der Waals surface area contributed by atoms with Gasteiger partial charge in [-0.2, -0.15) is 0 Å². The summed E-state index contributed by atoms with van der Waals surface area (Å²) in [5.74, 6) is 0.736. The Morgan fingerprint density at radius 1 is 1.18 bits per heavy atom. The summed E-state index contributed by atoms with van der Waals surface area (Å²) in [6.07, 6.45) is 1.46. The molecule has 2 aromatic carbocycles. The molecule has 2 aromatic rings. The normalized spacial score (nSPS) is 16.9. The van der Waals surface area contributed by atoms with Crippen molar-refractivity contribution in [1.29, 1.82) is 0 Å². The van der Waals surface area contributed by atoms with Gasteiger partial charge >= 0.3 is 0 Å². The lowest BCUT2D eigenvalue weighted by atomic mass is 10.1. The van der Waals surface area contributed by atoms with E-state index in [0.717, 1.165) is 11.8 Å². The van der Waals surface area contributed by atoms with Gasteiger partial charge < -0.3 is 9.47 Å². The standard InChI is InChI=1S/C17H8Cl2N2O5S2/c18-10-6-11(19)12(21(23)24)3-8(10)4-15-16(22)20(17(27)28-15)9-1-2-13-14(5-9)26-7-25-13/h1-6H,7H2/b15-4-. The maximum atomic E-state index is 12.9. The van der Waals surface area contributed by atoms with Crippen molar-refractivity contribution in [2.24, 2.45) is 0 Å². The molecular formula is C17H8Cl2N2O5S2. The van der Waals surface area contributed by atoms with E-state index in [1.807, 2.05) is 0 Å². The number of nitro benzene ring substituents is 1. The van der Waals surface area contributed by atoms with E-state index in [2.05, 4.69) is 0 Å². The van der Waals surface area contributed by atoms with Crippen LogP contribution in [0.5, 0.6) is 11.5 Å². The molecule has 0 bridgehead atoms. The number of anilines is 1. The number of benzene rings is 2. The highest BCUT2D eigenvalue weighted by Crippen LogP contribution is 2.41. The first-order chi connectivity index (χ1) is 13.3. The fourth-order valence-corrected chi connectivity index (χ4v) is 4.46. The number of fused-ring (bicyclic) bond motifs is 1. The van der Waals surface area contributed by atoms with Gasteiger partial charge in [0.15, 0.2) is 15.8 Å². The fourth-order valence-electron chi connectivity index (χ4n) is 2.66. The Hall–Kier alpha value is -2.33. The van der Waals surface area contributed by atoms with Crippen molar-refractivity contribution in [3.8, 4) is 11.5 Å². The van der Waals surface area contributed by atoms with Crippen molar-refractivity contribution < 1.29 is 19.2 Å². The molecule has 1 fully saturated rings. The molecule has 0 spiro atoms. The van der Waals surface area contributed by atoms with Crippen LogP contribution in [0, 0.1) is 10.1 Å². The Labute approximate surface area is 178 Å². The van der Waals surface area contributed by atoms with E-state index in [-0.39, 0.29) is 33.3 Å². The van der Waals surface area contributed by atoms with Crippen LogP contribution in [0.4, 0.5) is 11.4 Å². The second kappa shape index (κ2) is 7.25. The zero-order chi connectivity index (χ0) is 20.0. The van der Waals surface area contributed by atoms with Crippen molar-refractivity contribution in [2.75, 3.05) is 11.7 Å². The number of carbonyl (C=O) groups is 1. The number of amides is 1. The fraction of sp³-hybridized carbons (Fsp3) is 0.0588. The van der Waals surface area contributed by atoms with Crippen molar-refractivity contribution in [3.05, 3.63) is 61.0 Å². The number of thioether (sulfide) groups is 1. The number of nitro groups is 1. The summed E-state index contributed by atoms with van der Waals surface area (Å²) in [6.45, 7) is 0.116. The first kappa shape index (κ1) is 19.0. The highest BCUT2D eigenvalue weighted by atomic mass is 35.5. The SMILES string of the molecule is O=C1/C(=C/c2cc([N+](=O)[O-])c(Cl)cc2Cl)SC(=S)N1c1ccc2c(c1)OCO2. The van der Waals surface area contributed by atoms with Crippen LogP contribution in [0.25, 0.3) is 6.08 Å². The Balaban J connectivity index is 1.70. The van der Waals surface area contributed by atoms with Crippen LogP contribution in [0.3, 0.4) is 0 Å². The number of halogens is 2. The summed E-state index contributed by atoms with van der Waals surface area (Å²) >= 11 is 18.4. The molecule has 0 radical (unpaired) electrons. The molecule has 2 aliphatic rings. The minimum atomic E-state index is -0.617. The van der Waals surface area contributed by atoms with Gasteiger partial charge in [0, 0.05) is 22.7 Å². The number of thiocarbonyl (C=S) groups is 1. The number of carbonyl (C=O) groups excluding carboxylic acids is 1. The topological polar surface area (TPSA) is 81.9 Å². The summed E-state index contributed by atoms with van der Waals surface area (Å²) in [6, 6.07) is 7.54. The highest BCUT2D eigenvalue weighted by molar-refractivity contribution is 8.27. The van der Waals surface area contributed by atoms with Crippen LogP contribution in [0.15, 0.2) is 35.2 Å². The molecule has 28 heavy (non-hydrogen) atoms. The summed E-state index contributed by atoms with van der Waals surface area (Å²) in [5, 5.41) is 11.2. The van der Waals surface area contributed by atoms with Crippen LogP contribution >= 0.6 is 47.2 Å². The van der Waals surface area contributed by atoms with E-state index >= 15 is 0 Å². The summed E-state index contributed by atoms with van der Waals surface area (Å²) in [5.41, 5.74) is 0.524. The largest absolute Gasteiger partial charge is 0.454 e. The summed E-state index contributed by atoms with van der Waals surface area (Å²) < 4.78 is 10.9. The molecule has 0 unspecified atom stereocenters. The summed E-state index contributed by atoms with van der Waals surface area (Å²) in [4.78, 5) is 25.0. The van der Waals surface area contributed by atoms with Gasteiger partial charge in [0.2, 0.25) is 6.79 Å². The van der Waals surface area contributed by atoms with Crippen molar-refractivity contribution >= 4 is 74.9 Å². The first-order valence-electron chi connectivity index (χ1n) is 7.66. The number of ether oxygens (including phenoxy) is 2. The van der Waals surface area contributed by atoms with Gasteiger partial charge in [-0.3, -0.25) is 19.8 Å². The lowest BCUT2D eigenvalue weighted by Gasteiger charge is -2.14. The third kappa shape index (κ3) is 3.30. The van der Waals surface area contributed by atoms with Crippen LogP contribution in [-0.2, 0) is 4.79 Å². The molecule has 0 aliphatic carbocycles. The van der Waals surface area contributed by atoms with Gasteiger partial charge in [-0.05, 0) is 24.3 Å². The second-order valence-electron chi connectivity index (χ2n) is 5.64. The van der Waals surface area contributed by atoms with E-state index in [1.165, 1.54) is 23.1 Å². The second-order valence-corrected chi connectivity index (χ2v) is 8.13. The maximum Gasteiger partial charge on any atom is 0.288 e. The van der Waals surface area contributed by atoms with E-state index < -0.39 is 4.92 Å². The van der Waals surface area contributed by atoms with E-state index in [9.17, 15) is 14.9 Å². The van der Waals surface area contributed by atoms with Crippen LogP contribution in [-0.4, -0.2) is 21.9 Å². The van der Waals surface area contributed by atoms with Crippen molar-refractivity contribution in [3.63, 3.8) is 0 Å². The van der Waals surface area contributed by atoms with E-state index in [4.69, 9.17) is 44.9 Å². The molecule has 0 aromatic heterocycles. The average molecular weight is 455 g/mol. The van der Waals surface area contributed by atoms with Gasteiger partial charge in [-0.15, -0.1) is 0 Å². The molecule has 2 heterocycles. The molecule has 11 heteroatoms. The minimum Gasteiger partial charge on any atom is -0.454 e. The minimum absolute atomic E-state index is 0.0833. The van der Waals surface area contributed by atoms with Crippen LogP contribution < -0.4 is 14.4 Å². The average Bonchev–Trinajstić information content (AvgIpc) is 3.20. The Morgan fingerprint density at radius 3 is 2.68 bits per heavy atom. The molecule has 0 saturated carbocycles. The number of hydrogen-bond acceptors (Lipinski definition) is 7. The zero-order valence-corrected chi connectivity index (χ0v) is 16.8. The Kier molecular flexibility index (Phi) is 4.92. The molecule has 142 valence electrons. The van der Waals surface area contributed by atoms with Gasteiger partial charge in [0.05, 0.1) is 15.5 Å². The first-order valence-corrected chi connectivity index (χ1v) is 9.64. The monoisotopic (exact) mass is 454 g/mol.